The molecular weight excluding hydrogens is 585 g/mol. The number of carbonyl (C=O) groups excluding carboxylic acids is 3. The minimum atomic E-state index is -1.24. The van der Waals surface area contributed by atoms with Crippen LogP contribution >= 0.6 is 0 Å². The first-order chi connectivity index (χ1) is 22.4. The van der Waals surface area contributed by atoms with E-state index in [-0.39, 0.29) is 35.4 Å². The van der Waals surface area contributed by atoms with Crippen molar-refractivity contribution >= 4 is 17.6 Å². The third-order valence-electron chi connectivity index (χ3n) is 8.75. The molecule has 0 radical (unpaired) electrons. The molecule has 234 valence electrons. The van der Waals surface area contributed by atoms with Crippen LogP contribution in [0.1, 0.15) is 61.6 Å². The van der Waals surface area contributed by atoms with Gasteiger partial charge in [-0.2, -0.15) is 10.4 Å². The monoisotopic (exact) mass is 619 g/mol. The summed E-state index contributed by atoms with van der Waals surface area (Å²) in [6.07, 6.45) is 5.23. The smallest absolute Gasteiger partial charge is 0.272 e. The van der Waals surface area contributed by atoms with Gasteiger partial charge in [0.1, 0.15) is 11.9 Å². The number of carbonyl (C=O) groups is 3. The Kier molecular flexibility index (Phi) is 9.26. The lowest BCUT2D eigenvalue weighted by molar-refractivity contribution is 0.0645. The summed E-state index contributed by atoms with van der Waals surface area (Å²) in [4.78, 5) is 47.0. The number of amides is 2. The third kappa shape index (κ3) is 7.03. The molecule has 6 rings (SSSR count). The van der Waals surface area contributed by atoms with E-state index in [1.807, 2.05) is 53.6 Å². The van der Waals surface area contributed by atoms with E-state index >= 15 is 4.39 Å². The molecule has 1 N–H and O–H groups in total. The molecule has 2 aliphatic heterocycles. The minimum Gasteiger partial charge on any atom is -0.346 e. The van der Waals surface area contributed by atoms with Crippen molar-refractivity contribution in [2.45, 2.75) is 38.0 Å². The maximum atomic E-state index is 15.0. The number of likely N-dealkylation sites (tertiary alicyclic amines) is 2. The molecule has 2 aliphatic rings. The van der Waals surface area contributed by atoms with E-state index in [0.29, 0.717) is 56.6 Å². The summed E-state index contributed by atoms with van der Waals surface area (Å²) < 4.78 is 16.8. The molecule has 2 fully saturated rings. The molecule has 2 unspecified atom stereocenters. The van der Waals surface area contributed by atoms with Gasteiger partial charge in [-0.15, -0.1) is 0 Å². The number of piperidine rings is 2. The molecule has 11 heteroatoms. The van der Waals surface area contributed by atoms with E-state index in [9.17, 15) is 14.4 Å². The lowest BCUT2D eigenvalue weighted by Crippen LogP contribution is -2.52. The number of aromatic nitrogens is 3. The maximum absolute atomic E-state index is 15.0. The fraction of sp³-hybridized carbons (Fsp3) is 0.314. The van der Waals surface area contributed by atoms with Crippen LogP contribution in [0.4, 0.5) is 4.39 Å². The molecule has 46 heavy (non-hydrogen) atoms. The van der Waals surface area contributed by atoms with Crippen LogP contribution in [0.2, 0.25) is 0 Å². The number of hydrogen-bond donors (Lipinski definition) is 1. The Labute approximate surface area is 266 Å². The van der Waals surface area contributed by atoms with E-state index in [1.165, 1.54) is 18.3 Å². The molecule has 0 bridgehead atoms. The zero-order valence-corrected chi connectivity index (χ0v) is 25.3. The van der Waals surface area contributed by atoms with Gasteiger partial charge in [0.25, 0.3) is 11.8 Å². The highest BCUT2D eigenvalue weighted by Gasteiger charge is 2.31. The largest absolute Gasteiger partial charge is 0.346 e. The Bertz CT molecular complexity index is 1710. The van der Waals surface area contributed by atoms with Crippen molar-refractivity contribution in [2.75, 3.05) is 26.2 Å². The molecule has 4 aromatic rings. The van der Waals surface area contributed by atoms with Crippen molar-refractivity contribution in [3.63, 3.8) is 0 Å². The maximum Gasteiger partial charge on any atom is 0.272 e. The number of nitriles is 1. The summed E-state index contributed by atoms with van der Waals surface area (Å²) in [7, 11) is 0. The van der Waals surface area contributed by atoms with Gasteiger partial charge in [0.2, 0.25) is 0 Å². The molecule has 2 aromatic heterocycles. The fourth-order valence-corrected chi connectivity index (χ4v) is 6.07. The number of halogens is 1. The molecule has 2 atom stereocenters. The van der Waals surface area contributed by atoms with Gasteiger partial charge in [-0.1, -0.05) is 12.1 Å². The average molecular weight is 620 g/mol. The Balaban J connectivity index is 0.964. The standard InChI is InChI=1S/C35H34FN7O3/c36-30-23-41(22-25-4-2-24(20-37)3-5-25)17-14-31(30)40-34(45)28-8-11-32(38-21-28)35(46)42-18-12-27(13-19-42)33(44)26-6-9-29(10-7-26)43-16-1-15-39-43/h1-11,15-16,21,27,30-31H,12-14,17-19,22-23H2,(H,40,45). The Morgan fingerprint density at radius 1 is 0.935 bits per heavy atom. The first kappa shape index (κ1) is 30.8. The molecule has 2 saturated heterocycles. The van der Waals surface area contributed by atoms with Gasteiger partial charge in [-0.05, 0) is 79.4 Å². The number of benzene rings is 2. The quantitative estimate of drug-likeness (QED) is 0.293. The highest BCUT2D eigenvalue weighted by atomic mass is 19.1. The molecule has 0 aliphatic carbocycles. The molecular formula is C35H34FN7O3. The number of nitrogens with zero attached hydrogens (tertiary/aromatic N) is 6. The number of hydrogen-bond acceptors (Lipinski definition) is 7. The second-order valence-corrected chi connectivity index (χ2v) is 11.8. The summed E-state index contributed by atoms with van der Waals surface area (Å²) in [5, 5.41) is 16.0. The van der Waals surface area contributed by atoms with Gasteiger partial charge in [-0.25, -0.2) is 9.07 Å². The van der Waals surface area contributed by atoms with Crippen LogP contribution < -0.4 is 5.32 Å². The Morgan fingerprint density at radius 2 is 1.67 bits per heavy atom. The van der Waals surface area contributed by atoms with E-state index in [1.54, 1.807) is 27.9 Å². The van der Waals surface area contributed by atoms with Crippen LogP contribution in [0.25, 0.3) is 5.69 Å². The molecule has 10 nitrogen and oxygen atoms in total. The highest BCUT2D eigenvalue weighted by molar-refractivity contribution is 5.99. The molecule has 2 aromatic carbocycles. The zero-order valence-electron chi connectivity index (χ0n) is 25.3. The van der Waals surface area contributed by atoms with Crippen LogP contribution in [-0.2, 0) is 6.54 Å². The van der Waals surface area contributed by atoms with Crippen molar-refractivity contribution in [1.82, 2.24) is 29.9 Å². The van der Waals surface area contributed by atoms with Crippen LogP contribution in [-0.4, -0.2) is 80.6 Å². The summed E-state index contributed by atoms with van der Waals surface area (Å²) in [6, 6.07) is 21.0. The molecule has 4 heterocycles. The SMILES string of the molecule is N#Cc1ccc(CN2CCC(NC(=O)c3ccc(C(=O)N4CCC(C(=O)c5ccc(-n6cccn6)cc5)CC4)nc3)C(F)C2)cc1. The minimum absolute atomic E-state index is 0.0695. The lowest BCUT2D eigenvalue weighted by Gasteiger charge is -2.35. The van der Waals surface area contributed by atoms with E-state index in [4.69, 9.17) is 5.26 Å². The van der Waals surface area contributed by atoms with E-state index < -0.39 is 18.1 Å². The fourth-order valence-electron chi connectivity index (χ4n) is 6.07. The van der Waals surface area contributed by atoms with Crippen molar-refractivity contribution in [3.8, 4) is 11.8 Å². The lowest BCUT2D eigenvalue weighted by atomic mass is 9.88. The number of ketones is 1. The second-order valence-electron chi connectivity index (χ2n) is 11.8. The van der Waals surface area contributed by atoms with Gasteiger partial charge in [-0.3, -0.25) is 24.3 Å². The number of nitrogens with one attached hydrogen (secondary N) is 1. The van der Waals surface area contributed by atoms with Crippen molar-refractivity contribution in [2.24, 2.45) is 5.92 Å². The Hall–Kier alpha value is -5.21. The number of Topliss-reactive ketones (excluding diaryl/α,β-unsaturated/α-hetero) is 1. The van der Waals surface area contributed by atoms with Crippen molar-refractivity contribution in [3.05, 3.63) is 113 Å². The first-order valence-electron chi connectivity index (χ1n) is 15.4. The molecule has 0 spiro atoms. The van der Waals surface area contributed by atoms with Crippen LogP contribution in [0.3, 0.4) is 0 Å². The van der Waals surface area contributed by atoms with Crippen LogP contribution in [0, 0.1) is 17.2 Å². The summed E-state index contributed by atoms with van der Waals surface area (Å²) in [6.45, 7) is 2.26. The third-order valence-corrected chi connectivity index (χ3v) is 8.75. The van der Waals surface area contributed by atoms with Gasteiger partial charge >= 0.3 is 0 Å². The van der Waals surface area contributed by atoms with Crippen molar-refractivity contribution < 1.29 is 18.8 Å². The van der Waals surface area contributed by atoms with Gasteiger partial charge in [0, 0.05) is 62.8 Å². The van der Waals surface area contributed by atoms with Crippen LogP contribution in [0.5, 0.6) is 0 Å². The first-order valence-corrected chi connectivity index (χ1v) is 15.4. The molecule has 0 saturated carbocycles. The number of pyridine rings is 1. The summed E-state index contributed by atoms with van der Waals surface area (Å²) in [5.74, 6) is -0.780. The average Bonchev–Trinajstić information content (AvgIpc) is 3.65. The van der Waals surface area contributed by atoms with Crippen molar-refractivity contribution in [1.29, 1.82) is 5.26 Å². The normalized spacial score (nSPS) is 18.9. The van der Waals surface area contributed by atoms with Crippen LogP contribution in [0.15, 0.2) is 85.3 Å². The summed E-state index contributed by atoms with van der Waals surface area (Å²) >= 11 is 0. The zero-order chi connectivity index (χ0) is 32.0. The van der Waals surface area contributed by atoms with E-state index in [0.717, 1.165) is 11.3 Å². The summed E-state index contributed by atoms with van der Waals surface area (Å²) in [5.41, 5.74) is 3.58. The number of alkyl halides is 1. The topological polar surface area (TPSA) is 124 Å². The number of rotatable bonds is 8. The second kappa shape index (κ2) is 13.8. The van der Waals surface area contributed by atoms with Gasteiger partial charge in [0.05, 0.1) is 28.9 Å². The Morgan fingerprint density at radius 3 is 2.30 bits per heavy atom. The molecule has 2 amide bonds. The van der Waals surface area contributed by atoms with E-state index in [2.05, 4.69) is 21.5 Å². The predicted octanol–water partition coefficient (Wildman–Crippen LogP) is 4.22. The van der Waals surface area contributed by atoms with Gasteiger partial charge in [0.15, 0.2) is 5.78 Å². The highest BCUT2D eigenvalue weighted by Crippen LogP contribution is 2.24. The van der Waals surface area contributed by atoms with Gasteiger partial charge < -0.3 is 10.2 Å². The predicted molar refractivity (Wildman–Crippen MR) is 168 cm³/mol.